The summed E-state index contributed by atoms with van der Waals surface area (Å²) >= 11 is 0. The molecule has 0 radical (unpaired) electrons. The molecular weight excluding hydrogens is 152 g/mol. The number of rotatable bonds is 2. The third-order valence-corrected chi connectivity index (χ3v) is 2.71. The number of ketones is 1. The molecule has 1 aliphatic rings. The molecule has 1 saturated heterocycles. The summed E-state index contributed by atoms with van der Waals surface area (Å²) in [5.41, 5.74) is 0. The van der Waals surface area contributed by atoms with E-state index in [4.69, 9.17) is 4.74 Å². The van der Waals surface area contributed by atoms with Crippen LogP contribution in [0.1, 0.15) is 34.1 Å². The number of carbonyl (C=O) groups excluding carboxylic acids is 1. The van der Waals surface area contributed by atoms with Crippen LogP contribution < -0.4 is 0 Å². The van der Waals surface area contributed by atoms with E-state index in [0.29, 0.717) is 5.92 Å². The maximum Gasteiger partial charge on any atom is 0.135 e. The van der Waals surface area contributed by atoms with Crippen LogP contribution in [-0.4, -0.2) is 18.0 Å². The Morgan fingerprint density at radius 3 is 2.33 bits per heavy atom. The van der Waals surface area contributed by atoms with E-state index in [0.717, 1.165) is 6.42 Å². The molecule has 1 fully saturated rings. The van der Waals surface area contributed by atoms with Crippen molar-refractivity contribution in [3.63, 3.8) is 0 Å². The Morgan fingerprint density at radius 2 is 2.08 bits per heavy atom. The molecule has 0 unspecified atom stereocenters. The van der Waals surface area contributed by atoms with Crippen LogP contribution in [0.2, 0.25) is 0 Å². The fraction of sp³-hybridized carbons (Fsp3) is 0.900. The third-order valence-electron chi connectivity index (χ3n) is 2.71. The first-order chi connectivity index (χ1) is 5.52. The lowest BCUT2D eigenvalue weighted by Crippen LogP contribution is -2.18. The van der Waals surface area contributed by atoms with Gasteiger partial charge in [-0.3, -0.25) is 4.79 Å². The Morgan fingerprint density at radius 1 is 1.50 bits per heavy atom. The monoisotopic (exact) mass is 170 g/mol. The van der Waals surface area contributed by atoms with Gasteiger partial charge in [-0.1, -0.05) is 13.8 Å². The minimum absolute atomic E-state index is 0.120. The van der Waals surface area contributed by atoms with Gasteiger partial charge in [0.15, 0.2) is 0 Å². The van der Waals surface area contributed by atoms with Crippen LogP contribution >= 0.6 is 0 Å². The van der Waals surface area contributed by atoms with Crippen molar-refractivity contribution in [1.82, 2.24) is 0 Å². The lowest BCUT2D eigenvalue weighted by molar-refractivity contribution is -0.122. The van der Waals surface area contributed by atoms with Gasteiger partial charge in [0.25, 0.3) is 0 Å². The lowest BCUT2D eigenvalue weighted by atomic mass is 9.93. The maximum absolute atomic E-state index is 11.1. The molecule has 0 aromatic carbocycles. The van der Waals surface area contributed by atoms with Crippen LogP contribution in [0.3, 0.4) is 0 Å². The van der Waals surface area contributed by atoms with Gasteiger partial charge < -0.3 is 4.74 Å². The fourth-order valence-electron chi connectivity index (χ4n) is 1.79. The Hall–Kier alpha value is -0.370. The van der Waals surface area contributed by atoms with E-state index in [1.165, 1.54) is 0 Å². The van der Waals surface area contributed by atoms with Crippen molar-refractivity contribution in [3.8, 4) is 0 Å². The second kappa shape index (κ2) is 3.56. The van der Waals surface area contributed by atoms with Crippen LogP contribution in [0.25, 0.3) is 0 Å². The van der Waals surface area contributed by atoms with Crippen LogP contribution in [0, 0.1) is 11.8 Å². The van der Waals surface area contributed by atoms with Gasteiger partial charge in [0.05, 0.1) is 12.2 Å². The summed E-state index contributed by atoms with van der Waals surface area (Å²) in [5, 5.41) is 0. The molecule has 12 heavy (non-hydrogen) atoms. The summed E-state index contributed by atoms with van der Waals surface area (Å²) in [4.78, 5) is 11.1. The van der Waals surface area contributed by atoms with Gasteiger partial charge >= 0.3 is 0 Å². The van der Waals surface area contributed by atoms with Crippen LogP contribution in [0.15, 0.2) is 0 Å². The molecule has 0 spiro atoms. The zero-order chi connectivity index (χ0) is 9.30. The molecule has 1 aliphatic heterocycles. The van der Waals surface area contributed by atoms with Gasteiger partial charge in [-0.05, 0) is 26.2 Å². The van der Waals surface area contributed by atoms with Crippen LogP contribution in [0.5, 0.6) is 0 Å². The van der Waals surface area contributed by atoms with Crippen molar-refractivity contribution in [2.45, 2.75) is 46.3 Å². The molecule has 1 heterocycles. The van der Waals surface area contributed by atoms with E-state index in [2.05, 4.69) is 13.8 Å². The van der Waals surface area contributed by atoms with Crippen molar-refractivity contribution >= 4 is 5.78 Å². The third kappa shape index (κ3) is 1.86. The number of ether oxygens (including phenoxy) is 1. The van der Waals surface area contributed by atoms with Crippen LogP contribution in [0.4, 0.5) is 0 Å². The first kappa shape index (κ1) is 9.72. The molecule has 0 aromatic heterocycles. The standard InChI is InChI=1S/C10H18O2/c1-6(2)10-5-9(7(3)11)8(4)12-10/h6,8-10H,5H2,1-4H3/t8-,9+,10-/m0/s1. The van der Waals surface area contributed by atoms with Crippen molar-refractivity contribution in [1.29, 1.82) is 0 Å². The number of carbonyl (C=O) groups is 1. The van der Waals surface area contributed by atoms with E-state index in [9.17, 15) is 4.79 Å². The Kier molecular flexibility index (Phi) is 2.89. The van der Waals surface area contributed by atoms with Gasteiger partial charge in [-0.15, -0.1) is 0 Å². The van der Waals surface area contributed by atoms with Gasteiger partial charge in [-0.25, -0.2) is 0 Å². The minimum Gasteiger partial charge on any atom is -0.374 e. The second-order valence-electron chi connectivity index (χ2n) is 4.08. The number of Topliss-reactive ketones (excluding diaryl/α,β-unsaturated/α-hetero) is 1. The average Bonchev–Trinajstić information content (AvgIpc) is 2.30. The lowest BCUT2D eigenvalue weighted by Gasteiger charge is -2.13. The quantitative estimate of drug-likeness (QED) is 0.633. The Balaban J connectivity index is 2.56. The maximum atomic E-state index is 11.1. The smallest absolute Gasteiger partial charge is 0.135 e. The zero-order valence-electron chi connectivity index (χ0n) is 8.33. The summed E-state index contributed by atoms with van der Waals surface area (Å²) in [7, 11) is 0. The molecule has 0 saturated carbocycles. The van der Waals surface area contributed by atoms with Gasteiger partial charge in [-0.2, -0.15) is 0 Å². The zero-order valence-corrected chi connectivity index (χ0v) is 8.33. The Labute approximate surface area is 74.3 Å². The number of hydrogen-bond donors (Lipinski definition) is 0. The molecular formula is C10H18O2. The average molecular weight is 170 g/mol. The van der Waals surface area contributed by atoms with E-state index in [-0.39, 0.29) is 23.9 Å². The molecule has 3 atom stereocenters. The SMILES string of the molecule is CC(=O)[C@H]1C[C@@H](C(C)C)O[C@H]1C. The van der Waals surface area contributed by atoms with E-state index in [1.807, 2.05) is 6.92 Å². The molecule has 0 N–H and O–H groups in total. The highest BCUT2D eigenvalue weighted by Gasteiger charge is 2.36. The normalized spacial score (nSPS) is 35.9. The van der Waals surface area contributed by atoms with Crippen molar-refractivity contribution in [3.05, 3.63) is 0 Å². The highest BCUT2D eigenvalue weighted by Crippen LogP contribution is 2.30. The van der Waals surface area contributed by atoms with E-state index < -0.39 is 0 Å². The molecule has 2 heteroatoms. The molecule has 0 amide bonds. The molecule has 0 bridgehead atoms. The summed E-state index contributed by atoms with van der Waals surface area (Å²) in [6.45, 7) is 7.93. The van der Waals surface area contributed by atoms with Crippen molar-refractivity contribution in [2.75, 3.05) is 0 Å². The van der Waals surface area contributed by atoms with Gasteiger partial charge in [0.2, 0.25) is 0 Å². The molecule has 1 rings (SSSR count). The van der Waals surface area contributed by atoms with Gasteiger partial charge in [0.1, 0.15) is 5.78 Å². The molecule has 0 aliphatic carbocycles. The number of hydrogen-bond acceptors (Lipinski definition) is 2. The van der Waals surface area contributed by atoms with E-state index >= 15 is 0 Å². The molecule has 70 valence electrons. The predicted molar refractivity (Wildman–Crippen MR) is 48.0 cm³/mol. The van der Waals surface area contributed by atoms with Gasteiger partial charge in [0, 0.05) is 5.92 Å². The first-order valence-corrected chi connectivity index (χ1v) is 4.68. The largest absolute Gasteiger partial charge is 0.374 e. The van der Waals surface area contributed by atoms with Crippen molar-refractivity contribution in [2.24, 2.45) is 11.8 Å². The molecule has 0 aromatic rings. The summed E-state index contributed by atoms with van der Waals surface area (Å²) < 4.78 is 5.68. The fourth-order valence-corrected chi connectivity index (χ4v) is 1.79. The summed E-state index contributed by atoms with van der Waals surface area (Å²) in [6, 6.07) is 0. The van der Waals surface area contributed by atoms with Crippen LogP contribution in [-0.2, 0) is 9.53 Å². The summed E-state index contributed by atoms with van der Waals surface area (Å²) in [6.07, 6.45) is 1.32. The topological polar surface area (TPSA) is 26.3 Å². The molecule has 2 nitrogen and oxygen atoms in total. The Bertz CT molecular complexity index is 175. The predicted octanol–water partition coefficient (Wildman–Crippen LogP) is 2.02. The van der Waals surface area contributed by atoms with Crippen molar-refractivity contribution < 1.29 is 9.53 Å². The second-order valence-corrected chi connectivity index (χ2v) is 4.08. The summed E-state index contributed by atoms with van der Waals surface area (Å²) in [5.74, 6) is 0.930. The minimum atomic E-state index is 0.120. The van der Waals surface area contributed by atoms with E-state index in [1.54, 1.807) is 6.92 Å². The highest BCUT2D eigenvalue weighted by atomic mass is 16.5. The first-order valence-electron chi connectivity index (χ1n) is 4.68. The highest BCUT2D eigenvalue weighted by molar-refractivity contribution is 5.79.